The van der Waals surface area contributed by atoms with E-state index in [1.807, 2.05) is 17.3 Å². The van der Waals surface area contributed by atoms with Gasteiger partial charge >= 0.3 is 0 Å². The SMILES string of the molecule is C1CCCNCC1.c1cncc(CC23CCC[NH+]2CC3)c1. The normalized spacial score (nSPS) is 31.3. The second-order valence-corrected chi connectivity index (χ2v) is 6.94. The van der Waals surface area contributed by atoms with Crippen molar-refractivity contribution >= 4 is 0 Å². The van der Waals surface area contributed by atoms with Gasteiger partial charge in [0.05, 0.1) is 19.5 Å². The topological polar surface area (TPSA) is 29.4 Å². The molecule has 4 heterocycles. The van der Waals surface area contributed by atoms with Crippen molar-refractivity contribution < 1.29 is 4.90 Å². The van der Waals surface area contributed by atoms with E-state index in [4.69, 9.17) is 0 Å². The highest BCUT2D eigenvalue weighted by Gasteiger charge is 2.52. The largest absolute Gasteiger partial charge is 0.329 e. The van der Waals surface area contributed by atoms with Crippen molar-refractivity contribution in [1.82, 2.24) is 10.3 Å². The molecule has 3 nitrogen and oxygen atoms in total. The first kappa shape index (κ1) is 15.0. The summed E-state index contributed by atoms with van der Waals surface area (Å²) in [5, 5.41) is 3.35. The van der Waals surface area contributed by atoms with Crippen LogP contribution in [0, 0.1) is 0 Å². The lowest BCUT2D eigenvalue weighted by molar-refractivity contribution is -0.983. The van der Waals surface area contributed by atoms with Crippen molar-refractivity contribution in [2.45, 2.75) is 56.9 Å². The number of nitrogens with one attached hydrogen (secondary N) is 2. The minimum atomic E-state index is 0.614. The molecule has 3 saturated heterocycles. The van der Waals surface area contributed by atoms with Crippen molar-refractivity contribution in [3.8, 4) is 0 Å². The van der Waals surface area contributed by atoms with E-state index in [1.165, 1.54) is 83.1 Å². The van der Waals surface area contributed by atoms with Crippen LogP contribution in [-0.4, -0.2) is 36.7 Å². The van der Waals surface area contributed by atoms with Crippen molar-refractivity contribution in [1.29, 1.82) is 0 Å². The molecule has 0 aliphatic carbocycles. The highest BCUT2D eigenvalue weighted by molar-refractivity contribution is 5.13. The molecule has 1 aromatic heterocycles. The molecule has 3 fully saturated rings. The Labute approximate surface area is 129 Å². The predicted molar refractivity (Wildman–Crippen MR) is 86.6 cm³/mol. The second-order valence-electron chi connectivity index (χ2n) is 6.94. The standard InChI is InChI=1S/C12H16N2.C6H13N/c1-3-11(10-13-6-1)9-12-4-2-7-14(12)8-5-12;1-2-4-6-7-5-3-1/h1,3,6,10H,2,4-5,7-9H2;7H,1-6H2/p+1. The number of pyridine rings is 1. The molecule has 2 unspecified atom stereocenters. The van der Waals surface area contributed by atoms with Gasteiger partial charge in [0.1, 0.15) is 5.54 Å². The Morgan fingerprint density at radius 2 is 1.90 bits per heavy atom. The van der Waals surface area contributed by atoms with E-state index in [-0.39, 0.29) is 0 Å². The fourth-order valence-electron chi connectivity index (χ4n) is 4.16. The third kappa shape index (κ3) is 3.83. The van der Waals surface area contributed by atoms with E-state index < -0.39 is 0 Å². The lowest BCUT2D eigenvalue weighted by Gasteiger charge is -2.44. The quantitative estimate of drug-likeness (QED) is 0.865. The zero-order valence-electron chi connectivity index (χ0n) is 13.2. The number of fused-ring (bicyclic) bond motifs is 1. The Kier molecular flexibility index (Phi) is 5.26. The Hall–Kier alpha value is -0.930. The van der Waals surface area contributed by atoms with Gasteiger partial charge in [0.25, 0.3) is 0 Å². The first-order valence-electron chi connectivity index (χ1n) is 8.84. The number of hydrogen-bond acceptors (Lipinski definition) is 2. The Balaban J connectivity index is 0.000000160. The van der Waals surface area contributed by atoms with Crippen LogP contribution in [0.3, 0.4) is 0 Å². The first-order valence-corrected chi connectivity index (χ1v) is 8.84. The molecule has 3 heteroatoms. The van der Waals surface area contributed by atoms with Gasteiger partial charge in [-0.3, -0.25) is 4.98 Å². The lowest BCUT2D eigenvalue weighted by atomic mass is 9.80. The minimum absolute atomic E-state index is 0.614. The number of rotatable bonds is 2. The van der Waals surface area contributed by atoms with Crippen LogP contribution in [0.4, 0.5) is 0 Å². The molecule has 0 aromatic carbocycles. The summed E-state index contributed by atoms with van der Waals surface area (Å²) >= 11 is 0. The highest BCUT2D eigenvalue weighted by Crippen LogP contribution is 2.27. The van der Waals surface area contributed by atoms with Gasteiger partial charge < -0.3 is 10.2 Å². The molecule has 0 radical (unpaired) electrons. The van der Waals surface area contributed by atoms with Crippen LogP contribution < -0.4 is 10.2 Å². The molecule has 116 valence electrons. The summed E-state index contributed by atoms with van der Waals surface area (Å²) in [6.07, 6.45) is 15.1. The van der Waals surface area contributed by atoms with Gasteiger partial charge in [-0.1, -0.05) is 18.9 Å². The second kappa shape index (κ2) is 7.37. The van der Waals surface area contributed by atoms with Crippen LogP contribution in [0.2, 0.25) is 0 Å². The predicted octanol–water partition coefficient (Wildman–Crippen LogP) is 1.60. The highest BCUT2D eigenvalue weighted by atomic mass is 15.3. The zero-order chi connectivity index (χ0) is 14.4. The van der Waals surface area contributed by atoms with Crippen LogP contribution >= 0.6 is 0 Å². The summed E-state index contributed by atoms with van der Waals surface area (Å²) in [6, 6.07) is 4.27. The molecular formula is C18H30N3+. The smallest absolute Gasteiger partial charge is 0.107 e. The van der Waals surface area contributed by atoms with Crippen LogP contribution in [0.5, 0.6) is 0 Å². The molecule has 3 aliphatic rings. The fourth-order valence-corrected chi connectivity index (χ4v) is 4.16. The van der Waals surface area contributed by atoms with Crippen LogP contribution in [-0.2, 0) is 6.42 Å². The summed E-state index contributed by atoms with van der Waals surface area (Å²) in [6.45, 7) is 5.31. The molecule has 0 bridgehead atoms. The minimum Gasteiger partial charge on any atom is -0.329 e. The molecule has 4 rings (SSSR count). The van der Waals surface area contributed by atoms with Gasteiger partial charge in [-0.15, -0.1) is 0 Å². The molecule has 2 atom stereocenters. The Morgan fingerprint density at radius 3 is 2.52 bits per heavy atom. The lowest BCUT2D eigenvalue weighted by Crippen LogP contribution is -3.24. The zero-order valence-corrected chi connectivity index (χ0v) is 13.2. The van der Waals surface area contributed by atoms with E-state index in [9.17, 15) is 0 Å². The third-order valence-corrected chi connectivity index (χ3v) is 5.51. The number of aromatic nitrogens is 1. The molecule has 21 heavy (non-hydrogen) atoms. The van der Waals surface area contributed by atoms with Gasteiger partial charge in [0, 0.05) is 31.7 Å². The maximum atomic E-state index is 4.20. The average Bonchev–Trinajstić information content (AvgIpc) is 2.74. The van der Waals surface area contributed by atoms with Crippen molar-refractivity contribution in [3.63, 3.8) is 0 Å². The van der Waals surface area contributed by atoms with Gasteiger partial charge in [0.15, 0.2) is 0 Å². The van der Waals surface area contributed by atoms with Gasteiger partial charge in [-0.25, -0.2) is 0 Å². The van der Waals surface area contributed by atoms with Crippen LogP contribution in [0.25, 0.3) is 0 Å². The fraction of sp³-hybridized carbons (Fsp3) is 0.722. The van der Waals surface area contributed by atoms with Crippen molar-refractivity contribution in [3.05, 3.63) is 30.1 Å². The molecule has 3 aliphatic heterocycles. The van der Waals surface area contributed by atoms with Gasteiger partial charge in [-0.2, -0.15) is 0 Å². The van der Waals surface area contributed by atoms with E-state index in [0.717, 1.165) is 0 Å². The van der Waals surface area contributed by atoms with Crippen molar-refractivity contribution in [2.24, 2.45) is 0 Å². The van der Waals surface area contributed by atoms with E-state index in [2.05, 4.69) is 22.4 Å². The Bertz CT molecular complexity index is 400. The summed E-state index contributed by atoms with van der Waals surface area (Å²) < 4.78 is 0. The molecular weight excluding hydrogens is 258 g/mol. The number of nitrogens with zero attached hydrogens (tertiary/aromatic N) is 1. The maximum Gasteiger partial charge on any atom is 0.107 e. The Morgan fingerprint density at radius 1 is 1.05 bits per heavy atom. The molecule has 2 N–H and O–H groups in total. The van der Waals surface area contributed by atoms with Crippen LogP contribution in [0.15, 0.2) is 24.5 Å². The van der Waals surface area contributed by atoms with E-state index in [0.29, 0.717) is 5.54 Å². The van der Waals surface area contributed by atoms with Gasteiger partial charge in [0.2, 0.25) is 0 Å². The molecule has 0 spiro atoms. The summed E-state index contributed by atoms with van der Waals surface area (Å²) in [7, 11) is 0. The van der Waals surface area contributed by atoms with E-state index in [1.54, 1.807) is 0 Å². The first-order chi connectivity index (χ1) is 10.4. The summed E-state index contributed by atoms with van der Waals surface area (Å²) in [4.78, 5) is 6.05. The molecule has 0 saturated carbocycles. The van der Waals surface area contributed by atoms with E-state index >= 15 is 0 Å². The monoisotopic (exact) mass is 288 g/mol. The number of quaternary nitrogens is 1. The van der Waals surface area contributed by atoms with Gasteiger partial charge in [-0.05, 0) is 37.6 Å². The maximum absolute atomic E-state index is 4.20. The number of hydrogen-bond donors (Lipinski definition) is 2. The average molecular weight is 288 g/mol. The molecule has 1 aromatic rings. The van der Waals surface area contributed by atoms with Crippen LogP contribution in [0.1, 0.15) is 50.5 Å². The third-order valence-electron chi connectivity index (χ3n) is 5.51. The van der Waals surface area contributed by atoms with Crippen molar-refractivity contribution in [2.75, 3.05) is 26.2 Å². The molecule has 0 amide bonds. The summed E-state index contributed by atoms with van der Waals surface area (Å²) in [5.74, 6) is 0. The summed E-state index contributed by atoms with van der Waals surface area (Å²) in [5.41, 5.74) is 2.04.